The Morgan fingerprint density at radius 3 is 2.92 bits per heavy atom. The molecule has 0 amide bonds. The molecule has 0 unspecified atom stereocenters. The highest BCUT2D eigenvalue weighted by atomic mass is 32.2. The van der Waals surface area contributed by atoms with Crippen LogP contribution in [0, 0.1) is 6.92 Å². The lowest BCUT2D eigenvalue weighted by Gasteiger charge is -2.22. The van der Waals surface area contributed by atoms with Gasteiger partial charge in [-0.3, -0.25) is 0 Å². The molecule has 6 heteroatoms. The van der Waals surface area contributed by atoms with Crippen LogP contribution in [0.5, 0.6) is 0 Å². The maximum Gasteiger partial charge on any atom is 0.147 e. The Hall–Kier alpha value is -1.47. The van der Waals surface area contributed by atoms with Gasteiger partial charge in [0.25, 0.3) is 0 Å². The van der Waals surface area contributed by atoms with E-state index >= 15 is 0 Å². The van der Waals surface area contributed by atoms with Crippen molar-refractivity contribution in [2.24, 2.45) is 0 Å². The highest BCUT2D eigenvalue weighted by Crippen LogP contribution is 2.38. The Balaban J connectivity index is 1.65. The maximum atomic E-state index is 5.64. The molecule has 24 heavy (non-hydrogen) atoms. The third kappa shape index (κ3) is 3.32. The normalized spacial score (nSPS) is 18.1. The van der Waals surface area contributed by atoms with Crippen LogP contribution >= 0.6 is 23.1 Å². The van der Waals surface area contributed by atoms with Crippen LogP contribution in [-0.2, 0) is 9.47 Å². The molecule has 4 nitrogen and oxygen atoms in total. The molecule has 1 saturated heterocycles. The van der Waals surface area contributed by atoms with Gasteiger partial charge in [0, 0.05) is 16.7 Å². The molecule has 0 radical (unpaired) electrons. The quantitative estimate of drug-likeness (QED) is 0.507. The van der Waals surface area contributed by atoms with Crippen molar-refractivity contribution in [3.05, 3.63) is 41.5 Å². The van der Waals surface area contributed by atoms with Gasteiger partial charge in [-0.15, -0.1) is 23.1 Å². The van der Waals surface area contributed by atoms with Crippen molar-refractivity contribution in [1.29, 1.82) is 0 Å². The van der Waals surface area contributed by atoms with Crippen molar-refractivity contribution in [2.75, 3.05) is 19.2 Å². The number of hydrogen-bond donors (Lipinski definition) is 0. The van der Waals surface area contributed by atoms with Gasteiger partial charge in [0.05, 0.1) is 18.1 Å². The van der Waals surface area contributed by atoms with Crippen molar-refractivity contribution in [3.8, 4) is 11.1 Å². The fourth-order valence-electron chi connectivity index (χ4n) is 2.71. The number of fused-ring (bicyclic) bond motifs is 1. The van der Waals surface area contributed by atoms with Crippen LogP contribution in [0.3, 0.4) is 0 Å². The van der Waals surface area contributed by atoms with Crippen molar-refractivity contribution >= 4 is 33.3 Å². The van der Waals surface area contributed by atoms with E-state index in [9.17, 15) is 0 Å². The molecule has 4 rings (SSSR count). The number of aryl methyl sites for hydroxylation is 1. The third-order valence-corrected chi connectivity index (χ3v) is 6.08. The molecule has 3 aromatic rings. The number of benzene rings is 1. The minimum atomic E-state index is 0.232. The molecule has 1 aliphatic rings. The molecular formula is C18H18N2O2S2. The van der Waals surface area contributed by atoms with Crippen LogP contribution in [-0.4, -0.2) is 35.2 Å². The Labute approximate surface area is 149 Å². The number of nitrogens with zero attached hydrogens (tertiary/aromatic N) is 2. The van der Waals surface area contributed by atoms with Gasteiger partial charge in [0.1, 0.15) is 23.0 Å². The molecule has 0 saturated carbocycles. The molecule has 0 aliphatic carbocycles. The summed E-state index contributed by atoms with van der Waals surface area (Å²) in [6, 6.07) is 8.62. The molecular weight excluding hydrogens is 340 g/mol. The summed E-state index contributed by atoms with van der Waals surface area (Å²) in [6.07, 6.45) is 2.83. The zero-order chi connectivity index (χ0) is 16.4. The minimum Gasteiger partial charge on any atom is -0.355 e. The van der Waals surface area contributed by atoms with Gasteiger partial charge in [-0.25, -0.2) is 9.97 Å². The maximum absolute atomic E-state index is 5.64. The summed E-state index contributed by atoms with van der Waals surface area (Å²) in [5.74, 6) is 0.888. The van der Waals surface area contributed by atoms with Gasteiger partial charge in [-0.05, 0) is 18.9 Å². The highest BCUT2D eigenvalue weighted by Gasteiger charge is 2.18. The first-order valence-electron chi connectivity index (χ1n) is 7.92. The van der Waals surface area contributed by atoms with Crippen molar-refractivity contribution in [1.82, 2.24) is 9.97 Å². The topological polar surface area (TPSA) is 44.2 Å². The van der Waals surface area contributed by atoms with Crippen molar-refractivity contribution in [3.63, 3.8) is 0 Å². The van der Waals surface area contributed by atoms with Crippen molar-refractivity contribution < 1.29 is 9.47 Å². The summed E-state index contributed by atoms with van der Waals surface area (Å²) in [6.45, 7) is 3.28. The zero-order valence-corrected chi connectivity index (χ0v) is 15.0. The second-order valence-electron chi connectivity index (χ2n) is 5.79. The number of hydrogen-bond acceptors (Lipinski definition) is 6. The second-order valence-corrected chi connectivity index (χ2v) is 7.66. The summed E-state index contributed by atoms with van der Waals surface area (Å²) < 4.78 is 10.9. The van der Waals surface area contributed by atoms with Crippen molar-refractivity contribution in [2.45, 2.75) is 24.5 Å². The first-order valence-corrected chi connectivity index (χ1v) is 9.79. The zero-order valence-electron chi connectivity index (χ0n) is 13.4. The van der Waals surface area contributed by atoms with E-state index in [0.717, 1.165) is 34.0 Å². The van der Waals surface area contributed by atoms with E-state index < -0.39 is 0 Å². The fraction of sp³-hybridized carbons (Fsp3) is 0.333. The Kier molecular flexibility index (Phi) is 4.80. The lowest BCUT2D eigenvalue weighted by Crippen LogP contribution is -2.25. The first-order chi connectivity index (χ1) is 11.8. The Bertz CT molecular complexity index is 827. The SMILES string of the molecule is Cc1ccc(-c2csc3ncnc(SC[C@H]4CCOCO4)c23)cc1. The van der Waals surface area contributed by atoms with E-state index in [2.05, 4.69) is 46.5 Å². The summed E-state index contributed by atoms with van der Waals surface area (Å²) in [5, 5.41) is 4.37. The van der Waals surface area contributed by atoms with E-state index in [0.29, 0.717) is 6.79 Å². The molecule has 1 fully saturated rings. The Morgan fingerprint density at radius 1 is 1.25 bits per heavy atom. The molecule has 2 aromatic heterocycles. The predicted octanol–water partition coefficient (Wildman–Crippen LogP) is 4.52. The smallest absolute Gasteiger partial charge is 0.147 e. The largest absolute Gasteiger partial charge is 0.355 e. The first kappa shape index (κ1) is 16.0. The van der Waals surface area contributed by atoms with Gasteiger partial charge in [0.2, 0.25) is 0 Å². The number of ether oxygens (including phenoxy) is 2. The lowest BCUT2D eigenvalue weighted by molar-refractivity contribution is -0.130. The molecule has 1 aromatic carbocycles. The van der Waals surface area contributed by atoms with E-state index in [4.69, 9.17) is 9.47 Å². The van der Waals surface area contributed by atoms with Crippen LogP contribution < -0.4 is 0 Å². The van der Waals surface area contributed by atoms with E-state index in [1.54, 1.807) is 29.4 Å². The van der Waals surface area contributed by atoms with E-state index in [1.165, 1.54) is 16.7 Å². The number of thioether (sulfide) groups is 1. The number of rotatable bonds is 4. The monoisotopic (exact) mass is 358 g/mol. The number of aromatic nitrogens is 2. The highest BCUT2D eigenvalue weighted by molar-refractivity contribution is 7.99. The average molecular weight is 358 g/mol. The summed E-state index contributed by atoms with van der Waals surface area (Å²) in [7, 11) is 0. The third-order valence-electron chi connectivity index (χ3n) is 4.08. The fourth-order valence-corrected chi connectivity index (χ4v) is 4.77. The van der Waals surface area contributed by atoms with Crippen LogP contribution in [0.25, 0.3) is 21.3 Å². The van der Waals surface area contributed by atoms with Gasteiger partial charge < -0.3 is 9.47 Å². The van der Waals surface area contributed by atoms with Crippen LogP contribution in [0.4, 0.5) is 0 Å². The van der Waals surface area contributed by atoms with Crippen LogP contribution in [0.15, 0.2) is 41.0 Å². The predicted molar refractivity (Wildman–Crippen MR) is 98.6 cm³/mol. The molecule has 1 atom stereocenters. The standard InChI is InChI=1S/C18H18N2O2S2/c1-12-2-4-13(5-3-12)15-9-24-18-16(15)17(19-10-20-18)23-8-14-6-7-21-11-22-14/h2-5,9-10,14H,6-8,11H2,1H3/t14-/m1/s1. The molecule has 3 heterocycles. The van der Waals surface area contributed by atoms with Crippen LogP contribution in [0.1, 0.15) is 12.0 Å². The van der Waals surface area contributed by atoms with Crippen LogP contribution in [0.2, 0.25) is 0 Å². The molecule has 0 N–H and O–H groups in total. The average Bonchev–Trinajstić information content (AvgIpc) is 3.06. The molecule has 1 aliphatic heterocycles. The minimum absolute atomic E-state index is 0.232. The second kappa shape index (κ2) is 7.19. The summed E-state index contributed by atoms with van der Waals surface area (Å²) in [5.41, 5.74) is 3.69. The molecule has 0 bridgehead atoms. The van der Waals surface area contributed by atoms with Gasteiger partial charge in [0.15, 0.2) is 0 Å². The molecule has 124 valence electrons. The van der Waals surface area contributed by atoms with Gasteiger partial charge in [-0.2, -0.15) is 0 Å². The number of thiophene rings is 1. The Morgan fingerprint density at radius 2 is 2.12 bits per heavy atom. The van der Waals surface area contributed by atoms with E-state index in [1.807, 2.05) is 0 Å². The van der Waals surface area contributed by atoms with Gasteiger partial charge in [-0.1, -0.05) is 29.8 Å². The summed E-state index contributed by atoms with van der Waals surface area (Å²) >= 11 is 3.42. The van der Waals surface area contributed by atoms with Gasteiger partial charge >= 0.3 is 0 Å². The van der Waals surface area contributed by atoms with E-state index in [-0.39, 0.29) is 6.10 Å². The summed E-state index contributed by atoms with van der Waals surface area (Å²) in [4.78, 5) is 10.0. The lowest BCUT2D eigenvalue weighted by atomic mass is 10.1. The molecule has 0 spiro atoms.